The first-order valence-electron chi connectivity index (χ1n) is 10.4. The highest BCUT2D eigenvalue weighted by Crippen LogP contribution is 2.19. The zero-order valence-corrected chi connectivity index (χ0v) is 18.6. The highest BCUT2D eigenvalue weighted by Gasteiger charge is 2.22. The lowest BCUT2D eigenvalue weighted by molar-refractivity contribution is 0.0628. The van der Waals surface area contributed by atoms with E-state index in [4.69, 9.17) is 20.9 Å². The van der Waals surface area contributed by atoms with Crippen LogP contribution >= 0.6 is 11.6 Å². The zero-order chi connectivity index (χ0) is 21.8. The smallest absolute Gasteiger partial charge is 0.253 e. The Bertz CT molecular complexity index is 1020. The van der Waals surface area contributed by atoms with E-state index in [1.165, 1.54) is 5.56 Å². The van der Waals surface area contributed by atoms with Crippen LogP contribution in [0.25, 0.3) is 0 Å². The number of aromatic nitrogens is 1. The van der Waals surface area contributed by atoms with E-state index in [-0.39, 0.29) is 5.91 Å². The minimum Gasteiger partial charge on any atom is -0.489 e. The first-order chi connectivity index (χ1) is 15.0. The first kappa shape index (κ1) is 21.4. The van der Waals surface area contributed by atoms with E-state index in [1.807, 2.05) is 61.2 Å². The van der Waals surface area contributed by atoms with Gasteiger partial charge in [-0.3, -0.25) is 9.69 Å². The number of piperazine rings is 1. The van der Waals surface area contributed by atoms with E-state index in [0.29, 0.717) is 31.0 Å². The maximum absolute atomic E-state index is 12.9. The monoisotopic (exact) mass is 439 g/mol. The number of ether oxygens (including phenoxy) is 1. The second-order valence-electron chi connectivity index (χ2n) is 7.81. The lowest BCUT2D eigenvalue weighted by Gasteiger charge is -2.34. The van der Waals surface area contributed by atoms with Crippen LogP contribution in [0.3, 0.4) is 0 Å². The third-order valence-electron chi connectivity index (χ3n) is 5.62. The van der Waals surface area contributed by atoms with Crippen molar-refractivity contribution >= 4 is 17.5 Å². The van der Waals surface area contributed by atoms with Gasteiger partial charge in [-0.15, -0.1) is 0 Å². The van der Waals surface area contributed by atoms with Crippen LogP contribution in [0.1, 0.15) is 32.9 Å². The minimum absolute atomic E-state index is 0.0553. The van der Waals surface area contributed by atoms with E-state index in [9.17, 15) is 4.79 Å². The van der Waals surface area contributed by atoms with Crippen molar-refractivity contribution in [1.82, 2.24) is 15.0 Å². The highest BCUT2D eigenvalue weighted by atomic mass is 35.5. The summed E-state index contributed by atoms with van der Waals surface area (Å²) in [5.74, 6) is 1.53. The number of nitrogens with zero attached hydrogens (tertiary/aromatic N) is 3. The van der Waals surface area contributed by atoms with Gasteiger partial charge < -0.3 is 14.2 Å². The molecule has 0 unspecified atom stereocenters. The summed E-state index contributed by atoms with van der Waals surface area (Å²) in [5, 5.41) is 4.69. The van der Waals surface area contributed by atoms with E-state index in [2.05, 4.69) is 16.1 Å². The van der Waals surface area contributed by atoms with Crippen LogP contribution in [-0.4, -0.2) is 47.0 Å². The number of carbonyl (C=O) groups excluding carboxylic acids is 1. The van der Waals surface area contributed by atoms with Gasteiger partial charge in [0.1, 0.15) is 18.1 Å². The van der Waals surface area contributed by atoms with Crippen molar-refractivity contribution in [3.8, 4) is 5.75 Å². The molecule has 3 aromatic rings. The SMILES string of the molecule is Cc1noc(C)c1COc1ccc(C(=O)N2CCN(Cc3cccc(Cl)c3)CC2)cc1. The summed E-state index contributed by atoms with van der Waals surface area (Å²) in [4.78, 5) is 17.1. The van der Waals surface area contributed by atoms with Crippen LogP contribution in [0.4, 0.5) is 0 Å². The summed E-state index contributed by atoms with van der Waals surface area (Å²) in [6.45, 7) is 8.12. The maximum atomic E-state index is 12.9. The molecule has 2 aromatic carbocycles. The molecule has 0 spiro atoms. The topological polar surface area (TPSA) is 58.8 Å². The van der Waals surface area contributed by atoms with Crippen molar-refractivity contribution in [2.24, 2.45) is 0 Å². The molecule has 0 saturated carbocycles. The summed E-state index contributed by atoms with van der Waals surface area (Å²) in [6, 6.07) is 15.2. The summed E-state index contributed by atoms with van der Waals surface area (Å²) in [6.07, 6.45) is 0. The highest BCUT2D eigenvalue weighted by molar-refractivity contribution is 6.30. The van der Waals surface area contributed by atoms with Gasteiger partial charge in [0.15, 0.2) is 0 Å². The molecule has 6 nitrogen and oxygen atoms in total. The standard InChI is InChI=1S/C24H26ClN3O3/c1-17-23(18(2)31-26-17)16-30-22-8-6-20(7-9-22)24(29)28-12-10-27(11-13-28)15-19-4-3-5-21(25)14-19/h3-9,14H,10-13,15-16H2,1-2H3. The van der Waals surface area contributed by atoms with Crippen molar-refractivity contribution in [3.63, 3.8) is 0 Å². The first-order valence-corrected chi connectivity index (χ1v) is 10.8. The quantitative estimate of drug-likeness (QED) is 0.566. The third-order valence-corrected chi connectivity index (χ3v) is 5.86. The average Bonchev–Trinajstić information content (AvgIpc) is 3.10. The molecule has 1 aliphatic heterocycles. The van der Waals surface area contributed by atoms with Gasteiger partial charge in [0.25, 0.3) is 5.91 Å². The summed E-state index contributed by atoms with van der Waals surface area (Å²) in [7, 11) is 0. The molecule has 1 aromatic heterocycles. The fourth-order valence-electron chi connectivity index (χ4n) is 3.74. The number of rotatable bonds is 6. The number of amides is 1. The van der Waals surface area contributed by atoms with Crippen LogP contribution in [0.5, 0.6) is 5.75 Å². The summed E-state index contributed by atoms with van der Waals surface area (Å²) in [5.41, 5.74) is 3.65. The molecule has 7 heteroatoms. The lowest BCUT2D eigenvalue weighted by Crippen LogP contribution is -2.48. The number of carbonyl (C=O) groups is 1. The molecule has 31 heavy (non-hydrogen) atoms. The Labute approximate surface area is 187 Å². The van der Waals surface area contributed by atoms with Gasteiger partial charge in [-0.2, -0.15) is 0 Å². The largest absolute Gasteiger partial charge is 0.489 e. The fraction of sp³-hybridized carbons (Fsp3) is 0.333. The molecule has 1 saturated heterocycles. The number of hydrogen-bond acceptors (Lipinski definition) is 5. The van der Waals surface area contributed by atoms with Gasteiger partial charge in [-0.1, -0.05) is 28.9 Å². The van der Waals surface area contributed by atoms with Crippen molar-refractivity contribution in [1.29, 1.82) is 0 Å². The predicted octanol–water partition coefficient (Wildman–Crippen LogP) is 4.48. The zero-order valence-electron chi connectivity index (χ0n) is 17.8. The third kappa shape index (κ3) is 5.27. The maximum Gasteiger partial charge on any atom is 0.253 e. The molecule has 0 aliphatic carbocycles. The normalized spacial score (nSPS) is 14.6. The number of aryl methyl sites for hydroxylation is 2. The number of halogens is 1. The second-order valence-corrected chi connectivity index (χ2v) is 8.25. The Kier molecular flexibility index (Phi) is 6.59. The van der Waals surface area contributed by atoms with Gasteiger partial charge in [0.2, 0.25) is 0 Å². The van der Waals surface area contributed by atoms with Gasteiger partial charge >= 0.3 is 0 Å². The fourth-order valence-corrected chi connectivity index (χ4v) is 3.96. The molecule has 1 amide bonds. The van der Waals surface area contributed by atoms with E-state index < -0.39 is 0 Å². The van der Waals surface area contributed by atoms with Crippen molar-refractivity contribution in [2.45, 2.75) is 27.0 Å². The Morgan fingerprint density at radius 3 is 2.48 bits per heavy atom. The molecule has 0 radical (unpaired) electrons. The number of hydrogen-bond donors (Lipinski definition) is 0. The Balaban J connectivity index is 1.28. The second kappa shape index (κ2) is 9.54. The lowest BCUT2D eigenvalue weighted by atomic mass is 10.1. The Morgan fingerprint density at radius 1 is 1.10 bits per heavy atom. The average molecular weight is 440 g/mol. The molecular formula is C24H26ClN3O3. The molecule has 0 N–H and O–H groups in total. The molecule has 162 valence electrons. The molecule has 2 heterocycles. The molecule has 0 atom stereocenters. The Hall–Kier alpha value is -2.83. The molecule has 4 rings (SSSR count). The van der Waals surface area contributed by atoms with Gasteiger partial charge in [0, 0.05) is 43.3 Å². The van der Waals surface area contributed by atoms with Crippen LogP contribution in [-0.2, 0) is 13.2 Å². The molecular weight excluding hydrogens is 414 g/mol. The van der Waals surface area contributed by atoms with Crippen LogP contribution < -0.4 is 4.74 Å². The van der Waals surface area contributed by atoms with Crippen molar-refractivity contribution < 1.29 is 14.1 Å². The van der Waals surface area contributed by atoms with Crippen molar-refractivity contribution in [2.75, 3.05) is 26.2 Å². The van der Waals surface area contributed by atoms with Gasteiger partial charge in [-0.05, 0) is 55.8 Å². The van der Waals surface area contributed by atoms with Crippen molar-refractivity contribution in [3.05, 3.63) is 81.7 Å². The van der Waals surface area contributed by atoms with E-state index >= 15 is 0 Å². The van der Waals surface area contributed by atoms with Crippen LogP contribution in [0, 0.1) is 13.8 Å². The van der Waals surface area contributed by atoms with Gasteiger partial charge in [0.05, 0.1) is 11.3 Å². The van der Waals surface area contributed by atoms with Crippen LogP contribution in [0.15, 0.2) is 53.1 Å². The Morgan fingerprint density at radius 2 is 1.84 bits per heavy atom. The summed E-state index contributed by atoms with van der Waals surface area (Å²) < 4.78 is 11.0. The van der Waals surface area contributed by atoms with Gasteiger partial charge in [-0.25, -0.2) is 0 Å². The van der Waals surface area contributed by atoms with E-state index in [1.54, 1.807) is 0 Å². The van der Waals surface area contributed by atoms with E-state index in [0.717, 1.165) is 41.7 Å². The minimum atomic E-state index is 0.0553. The predicted molar refractivity (Wildman–Crippen MR) is 119 cm³/mol. The van der Waals surface area contributed by atoms with Crippen LogP contribution in [0.2, 0.25) is 5.02 Å². The molecule has 1 fully saturated rings. The summed E-state index contributed by atoms with van der Waals surface area (Å²) >= 11 is 6.08. The molecule has 0 bridgehead atoms. The number of benzene rings is 2. The molecule has 1 aliphatic rings.